The lowest BCUT2D eigenvalue weighted by molar-refractivity contribution is 0.127. The molecule has 1 unspecified atom stereocenters. The van der Waals surface area contributed by atoms with E-state index in [1.165, 1.54) is 0 Å². The van der Waals surface area contributed by atoms with Crippen LogP contribution in [0.25, 0.3) is 0 Å². The summed E-state index contributed by atoms with van der Waals surface area (Å²) in [6.07, 6.45) is 1.73. The van der Waals surface area contributed by atoms with Gasteiger partial charge >= 0.3 is 0 Å². The van der Waals surface area contributed by atoms with Crippen LogP contribution in [0, 0.1) is 5.41 Å². The van der Waals surface area contributed by atoms with E-state index in [0.29, 0.717) is 19.1 Å². The SMILES string of the molecule is CCNC(=NCc1csc(C(C)C)n1)NCC1(CCO)CCOC1. The zero-order valence-electron chi connectivity index (χ0n) is 15.0. The Morgan fingerprint density at radius 1 is 1.50 bits per heavy atom. The number of rotatable bonds is 8. The Bertz CT molecular complexity index is 524. The van der Waals surface area contributed by atoms with Crippen molar-refractivity contribution < 1.29 is 9.84 Å². The van der Waals surface area contributed by atoms with E-state index in [-0.39, 0.29) is 12.0 Å². The number of aliphatic hydroxyl groups is 1. The molecule has 0 saturated carbocycles. The first-order chi connectivity index (χ1) is 11.6. The van der Waals surface area contributed by atoms with E-state index in [0.717, 1.165) is 49.2 Å². The van der Waals surface area contributed by atoms with E-state index in [4.69, 9.17) is 4.74 Å². The van der Waals surface area contributed by atoms with Gasteiger partial charge in [0.1, 0.15) is 0 Å². The molecule has 1 saturated heterocycles. The summed E-state index contributed by atoms with van der Waals surface area (Å²) in [6, 6.07) is 0. The summed E-state index contributed by atoms with van der Waals surface area (Å²) in [5.74, 6) is 1.25. The van der Waals surface area contributed by atoms with Crippen LogP contribution in [0.4, 0.5) is 0 Å². The minimum absolute atomic E-state index is 0.0103. The second-order valence-electron chi connectivity index (χ2n) is 6.66. The highest BCUT2D eigenvalue weighted by molar-refractivity contribution is 7.09. The first kappa shape index (κ1) is 19.1. The summed E-state index contributed by atoms with van der Waals surface area (Å²) in [6.45, 7) is 10.2. The molecule has 0 amide bonds. The number of aliphatic hydroxyl groups excluding tert-OH is 1. The molecule has 1 aliphatic heterocycles. The summed E-state index contributed by atoms with van der Waals surface area (Å²) < 4.78 is 5.54. The van der Waals surface area contributed by atoms with Gasteiger partial charge in [0.05, 0.1) is 23.9 Å². The van der Waals surface area contributed by atoms with Crippen LogP contribution in [0.5, 0.6) is 0 Å². The highest BCUT2D eigenvalue weighted by atomic mass is 32.1. The first-order valence-corrected chi connectivity index (χ1v) is 9.61. The van der Waals surface area contributed by atoms with E-state index in [9.17, 15) is 5.11 Å². The molecule has 1 aliphatic rings. The minimum atomic E-state index is 0.0103. The highest BCUT2D eigenvalue weighted by Crippen LogP contribution is 2.31. The third-order valence-corrected chi connectivity index (χ3v) is 5.46. The molecule has 24 heavy (non-hydrogen) atoms. The summed E-state index contributed by atoms with van der Waals surface area (Å²) in [7, 11) is 0. The van der Waals surface area contributed by atoms with E-state index in [2.05, 4.69) is 46.8 Å². The Morgan fingerprint density at radius 3 is 2.92 bits per heavy atom. The van der Waals surface area contributed by atoms with Gasteiger partial charge in [-0.15, -0.1) is 11.3 Å². The molecule has 0 aromatic carbocycles. The number of aromatic nitrogens is 1. The van der Waals surface area contributed by atoms with Crippen molar-refractivity contribution in [2.24, 2.45) is 10.4 Å². The van der Waals surface area contributed by atoms with Gasteiger partial charge in [0.15, 0.2) is 5.96 Å². The van der Waals surface area contributed by atoms with Crippen molar-refractivity contribution in [3.8, 4) is 0 Å². The fourth-order valence-electron chi connectivity index (χ4n) is 2.75. The van der Waals surface area contributed by atoms with Gasteiger partial charge in [0.25, 0.3) is 0 Å². The first-order valence-electron chi connectivity index (χ1n) is 8.73. The topological polar surface area (TPSA) is 78.8 Å². The number of hydrogen-bond acceptors (Lipinski definition) is 5. The van der Waals surface area contributed by atoms with Crippen LogP contribution < -0.4 is 10.6 Å². The van der Waals surface area contributed by atoms with Crippen LogP contribution in [0.2, 0.25) is 0 Å². The van der Waals surface area contributed by atoms with Gasteiger partial charge in [-0.2, -0.15) is 0 Å². The van der Waals surface area contributed by atoms with E-state index >= 15 is 0 Å². The Balaban J connectivity index is 1.94. The van der Waals surface area contributed by atoms with Crippen molar-refractivity contribution >= 4 is 17.3 Å². The third kappa shape index (κ3) is 5.43. The highest BCUT2D eigenvalue weighted by Gasteiger charge is 2.34. The Kier molecular flexibility index (Phi) is 7.45. The van der Waals surface area contributed by atoms with Crippen LogP contribution in [0.1, 0.15) is 50.2 Å². The van der Waals surface area contributed by atoms with Gasteiger partial charge in [-0.1, -0.05) is 13.8 Å². The lowest BCUT2D eigenvalue weighted by Crippen LogP contribution is -2.44. The molecular formula is C17H30N4O2S. The number of nitrogens with zero attached hydrogens (tertiary/aromatic N) is 2. The maximum absolute atomic E-state index is 9.32. The van der Waals surface area contributed by atoms with Crippen LogP contribution in [-0.2, 0) is 11.3 Å². The molecule has 2 rings (SSSR count). The van der Waals surface area contributed by atoms with Crippen molar-refractivity contribution in [2.45, 2.75) is 46.1 Å². The van der Waals surface area contributed by atoms with Gasteiger partial charge in [0.2, 0.25) is 0 Å². The minimum Gasteiger partial charge on any atom is -0.396 e. The molecule has 7 heteroatoms. The number of hydrogen-bond donors (Lipinski definition) is 3. The molecule has 3 N–H and O–H groups in total. The largest absolute Gasteiger partial charge is 0.396 e. The summed E-state index contributed by atoms with van der Waals surface area (Å²) >= 11 is 1.70. The van der Waals surface area contributed by atoms with Crippen LogP contribution >= 0.6 is 11.3 Å². The summed E-state index contributed by atoms with van der Waals surface area (Å²) in [5, 5.41) is 19.3. The van der Waals surface area contributed by atoms with E-state index < -0.39 is 0 Å². The van der Waals surface area contributed by atoms with Crippen LogP contribution in [0.15, 0.2) is 10.4 Å². The molecule has 1 aromatic heterocycles. The molecule has 136 valence electrons. The average Bonchev–Trinajstić information content (AvgIpc) is 3.20. The standard InChI is InChI=1S/C17H30N4O2S/c1-4-18-16(19-9-14-10-24-15(21-14)13(2)3)20-11-17(5-7-22)6-8-23-12-17/h10,13,22H,4-9,11-12H2,1-3H3,(H2,18,19,20). The number of aliphatic imine (C=N–C) groups is 1. The van der Waals surface area contributed by atoms with E-state index in [1.54, 1.807) is 11.3 Å². The average molecular weight is 355 g/mol. The summed E-state index contributed by atoms with van der Waals surface area (Å²) in [4.78, 5) is 9.27. The van der Waals surface area contributed by atoms with Gasteiger partial charge in [0, 0.05) is 43.0 Å². The monoisotopic (exact) mass is 354 g/mol. The number of guanidine groups is 1. The smallest absolute Gasteiger partial charge is 0.191 e. The maximum atomic E-state index is 9.32. The molecule has 0 bridgehead atoms. The van der Waals surface area contributed by atoms with Gasteiger partial charge in [-0.3, -0.25) is 0 Å². The lowest BCUT2D eigenvalue weighted by atomic mass is 9.84. The maximum Gasteiger partial charge on any atom is 0.191 e. The second-order valence-corrected chi connectivity index (χ2v) is 7.55. The van der Waals surface area contributed by atoms with Crippen molar-refractivity contribution in [1.82, 2.24) is 15.6 Å². The van der Waals surface area contributed by atoms with Crippen molar-refractivity contribution in [3.05, 3.63) is 16.1 Å². The summed E-state index contributed by atoms with van der Waals surface area (Å²) in [5.41, 5.74) is 1.02. The number of thiazole rings is 1. The van der Waals surface area contributed by atoms with Gasteiger partial charge in [-0.05, 0) is 19.8 Å². The Morgan fingerprint density at radius 2 is 2.33 bits per heavy atom. The molecule has 1 atom stereocenters. The Hall–Kier alpha value is -1.18. The van der Waals surface area contributed by atoms with Crippen molar-refractivity contribution in [3.63, 3.8) is 0 Å². The zero-order chi connectivity index (χ0) is 17.4. The number of ether oxygens (including phenoxy) is 1. The molecule has 0 radical (unpaired) electrons. The molecule has 6 nitrogen and oxygen atoms in total. The van der Waals surface area contributed by atoms with E-state index in [1.807, 2.05) is 0 Å². The molecule has 0 spiro atoms. The second kappa shape index (κ2) is 9.34. The zero-order valence-corrected chi connectivity index (χ0v) is 15.8. The predicted octanol–water partition coefficient (Wildman–Crippen LogP) is 2.11. The normalized spacial score (nSPS) is 21.5. The fraction of sp³-hybridized carbons (Fsp3) is 0.765. The van der Waals surface area contributed by atoms with Gasteiger partial charge < -0.3 is 20.5 Å². The number of nitrogens with one attached hydrogen (secondary N) is 2. The van der Waals surface area contributed by atoms with Crippen molar-refractivity contribution in [2.75, 3.05) is 32.9 Å². The van der Waals surface area contributed by atoms with Crippen LogP contribution in [-0.4, -0.2) is 49.0 Å². The predicted molar refractivity (Wildman–Crippen MR) is 98.6 cm³/mol. The molecule has 0 aliphatic carbocycles. The molecule has 2 heterocycles. The van der Waals surface area contributed by atoms with Gasteiger partial charge in [-0.25, -0.2) is 9.98 Å². The fourth-order valence-corrected chi connectivity index (χ4v) is 3.57. The van der Waals surface area contributed by atoms with Crippen molar-refractivity contribution in [1.29, 1.82) is 0 Å². The third-order valence-electron chi connectivity index (χ3n) is 4.26. The van der Waals surface area contributed by atoms with Crippen LogP contribution in [0.3, 0.4) is 0 Å². The molecular weight excluding hydrogens is 324 g/mol. The molecule has 1 fully saturated rings. The lowest BCUT2D eigenvalue weighted by Gasteiger charge is -2.27. The molecule has 1 aromatic rings. The quantitative estimate of drug-likeness (QED) is 0.492. The Labute approximate surface area is 148 Å².